The normalized spacial score (nSPS) is 13.4. The molecule has 0 saturated heterocycles. The second-order valence-electron chi connectivity index (χ2n) is 2.49. The SMILES string of the molecule is Cl[SiH](Cl)CC(C[SiH](Cl)Cl)[Si](Cl)(Cl)Cl. The van der Waals surface area contributed by atoms with E-state index in [1.165, 1.54) is 0 Å². The van der Waals surface area contributed by atoms with Gasteiger partial charge >= 0.3 is 6.00 Å². The summed E-state index contributed by atoms with van der Waals surface area (Å²) in [6, 6.07) is -1.61. The third-order valence-electron chi connectivity index (χ3n) is 1.39. The molecular formula is C3H7Cl7Si3. The van der Waals surface area contributed by atoms with Crippen LogP contribution in [-0.2, 0) is 0 Å². The van der Waals surface area contributed by atoms with E-state index >= 15 is 0 Å². The summed E-state index contributed by atoms with van der Waals surface area (Å²) in [5.74, 6) is 0. The Morgan fingerprint density at radius 3 is 1.31 bits per heavy atom. The monoisotopic (exact) mass is 372 g/mol. The summed E-state index contributed by atoms with van der Waals surface area (Å²) in [5.41, 5.74) is -0.0872. The van der Waals surface area contributed by atoms with Gasteiger partial charge in [0.15, 0.2) is 0 Å². The molecule has 0 saturated carbocycles. The van der Waals surface area contributed by atoms with Crippen molar-refractivity contribution in [3.8, 4) is 0 Å². The van der Waals surface area contributed by atoms with Crippen molar-refractivity contribution in [3.05, 3.63) is 0 Å². The average molecular weight is 376 g/mol. The fourth-order valence-corrected chi connectivity index (χ4v) is 15.2. The molecule has 0 atom stereocenters. The third kappa shape index (κ3) is 8.48. The second-order valence-corrected chi connectivity index (χ2v) is 21.7. The molecule has 0 N–H and O–H groups in total. The first-order valence-corrected chi connectivity index (χ1v) is 17.1. The van der Waals surface area contributed by atoms with Gasteiger partial charge in [0.25, 0.3) is 0 Å². The molecule has 0 spiro atoms. The fourth-order valence-electron chi connectivity index (χ4n) is 0.794. The number of rotatable bonds is 5. The first-order valence-electron chi connectivity index (χ1n) is 3.36. The topological polar surface area (TPSA) is 0 Å². The van der Waals surface area contributed by atoms with Crippen LogP contribution in [0.25, 0.3) is 0 Å². The zero-order chi connectivity index (χ0) is 10.6. The van der Waals surface area contributed by atoms with Gasteiger partial charge < -0.3 is 0 Å². The highest BCUT2D eigenvalue weighted by atomic mass is 35.8. The molecule has 10 heteroatoms. The van der Waals surface area contributed by atoms with Crippen LogP contribution in [-0.4, -0.2) is 20.8 Å². The summed E-state index contributed by atoms with van der Waals surface area (Å²) in [6.07, 6.45) is 0. The standard InChI is InChI=1S/C3H7Cl7Si3/c4-11(5)1-3(2-12(6)7)13(8,9)10/h3,11-12H,1-2H2. The largest absolute Gasteiger partial charge is 0.343 e. The van der Waals surface area contributed by atoms with Crippen molar-refractivity contribution in [1.82, 2.24) is 0 Å². The maximum atomic E-state index is 5.87. The lowest BCUT2D eigenvalue weighted by molar-refractivity contribution is 1.04. The fraction of sp³-hybridized carbons (Fsp3) is 1.00. The van der Waals surface area contributed by atoms with Crippen molar-refractivity contribution in [1.29, 1.82) is 0 Å². The van der Waals surface area contributed by atoms with E-state index in [1.54, 1.807) is 0 Å². The lowest BCUT2D eigenvalue weighted by atomic mass is 10.5. The van der Waals surface area contributed by atoms with Crippen molar-refractivity contribution >= 4 is 98.4 Å². The molecule has 0 nitrogen and oxygen atoms in total. The van der Waals surface area contributed by atoms with Crippen molar-refractivity contribution < 1.29 is 0 Å². The maximum absolute atomic E-state index is 5.87. The maximum Gasteiger partial charge on any atom is 0.343 e. The molecule has 0 unspecified atom stereocenters. The van der Waals surface area contributed by atoms with E-state index in [0.29, 0.717) is 12.1 Å². The quantitative estimate of drug-likeness (QED) is 0.493. The van der Waals surface area contributed by atoms with Crippen LogP contribution in [0.1, 0.15) is 0 Å². The zero-order valence-corrected chi connectivity index (χ0v) is 14.9. The minimum Gasteiger partial charge on any atom is -0.150 e. The third-order valence-corrected chi connectivity index (χ3v) is 10.5. The van der Waals surface area contributed by atoms with Crippen molar-refractivity contribution in [2.75, 3.05) is 0 Å². The predicted molar refractivity (Wildman–Crippen MR) is 74.4 cm³/mol. The molecule has 0 aromatic carbocycles. The van der Waals surface area contributed by atoms with Gasteiger partial charge in [0.05, 0.1) is 0 Å². The molecule has 0 radical (unpaired) electrons. The van der Waals surface area contributed by atoms with Gasteiger partial charge in [-0.05, 0) is 17.6 Å². The van der Waals surface area contributed by atoms with Crippen LogP contribution in [0.5, 0.6) is 0 Å². The molecule has 13 heavy (non-hydrogen) atoms. The number of halogens is 7. The van der Waals surface area contributed by atoms with Gasteiger partial charge in [0.1, 0.15) is 0 Å². The molecule has 0 rings (SSSR count). The van der Waals surface area contributed by atoms with Gasteiger partial charge in [0, 0.05) is 0 Å². The van der Waals surface area contributed by atoms with Crippen LogP contribution in [0, 0.1) is 0 Å². The second kappa shape index (κ2) is 7.09. The van der Waals surface area contributed by atoms with Crippen LogP contribution in [0.15, 0.2) is 0 Å². The highest BCUT2D eigenvalue weighted by Crippen LogP contribution is 2.42. The van der Waals surface area contributed by atoms with E-state index in [4.69, 9.17) is 77.6 Å². The Kier molecular flexibility index (Phi) is 8.56. The number of hydrogen-bond donors (Lipinski definition) is 0. The van der Waals surface area contributed by atoms with Gasteiger partial charge in [-0.25, -0.2) is 0 Å². The predicted octanol–water partition coefficient (Wildman–Crippen LogP) is 4.41. The van der Waals surface area contributed by atoms with Gasteiger partial charge in [-0.3, -0.25) is 0 Å². The summed E-state index contributed by atoms with van der Waals surface area (Å²) < 4.78 is 0. The molecule has 0 heterocycles. The van der Waals surface area contributed by atoms with Gasteiger partial charge in [-0.1, -0.05) is 0 Å². The van der Waals surface area contributed by atoms with E-state index in [2.05, 4.69) is 0 Å². The first-order chi connectivity index (χ1) is 5.73. The Hall–Kier alpha value is 2.68. The van der Waals surface area contributed by atoms with Gasteiger partial charge in [-0.2, -0.15) is 44.3 Å². The van der Waals surface area contributed by atoms with E-state index in [1.807, 2.05) is 0 Å². The van der Waals surface area contributed by atoms with Crippen LogP contribution >= 0.6 is 77.6 Å². The Bertz CT molecular complexity index is 134. The molecule has 0 aliphatic rings. The van der Waals surface area contributed by atoms with Gasteiger partial charge in [-0.15, -0.1) is 33.2 Å². The minimum atomic E-state index is -2.76. The van der Waals surface area contributed by atoms with Gasteiger partial charge in [0.2, 0.25) is 14.8 Å². The highest BCUT2D eigenvalue weighted by Gasteiger charge is 2.39. The van der Waals surface area contributed by atoms with Crippen LogP contribution in [0.4, 0.5) is 0 Å². The lowest BCUT2D eigenvalue weighted by Crippen LogP contribution is -2.24. The summed E-state index contributed by atoms with van der Waals surface area (Å²) in [4.78, 5) is 0. The smallest absolute Gasteiger partial charge is 0.150 e. The average Bonchev–Trinajstić information content (AvgIpc) is 1.81. The first kappa shape index (κ1) is 15.7. The Morgan fingerprint density at radius 2 is 1.15 bits per heavy atom. The minimum absolute atomic E-state index is 0.0872. The van der Waals surface area contributed by atoms with Crippen molar-refractivity contribution in [2.24, 2.45) is 0 Å². The van der Waals surface area contributed by atoms with E-state index in [-0.39, 0.29) is 5.54 Å². The molecule has 0 aromatic rings. The molecule has 0 fully saturated rings. The molecule has 0 amide bonds. The van der Waals surface area contributed by atoms with Crippen molar-refractivity contribution in [3.63, 3.8) is 0 Å². The highest BCUT2D eigenvalue weighted by molar-refractivity contribution is 7.65. The van der Waals surface area contributed by atoms with E-state index < -0.39 is 20.8 Å². The van der Waals surface area contributed by atoms with E-state index in [0.717, 1.165) is 0 Å². The van der Waals surface area contributed by atoms with E-state index in [9.17, 15) is 0 Å². The molecule has 0 bridgehead atoms. The Morgan fingerprint density at radius 1 is 0.846 bits per heavy atom. The van der Waals surface area contributed by atoms with Crippen LogP contribution < -0.4 is 0 Å². The molecular weight excluding hydrogens is 368 g/mol. The molecule has 0 aromatic heterocycles. The Labute approximate surface area is 115 Å². The summed E-state index contributed by atoms with van der Waals surface area (Å²) >= 11 is 40.6. The summed E-state index contributed by atoms with van der Waals surface area (Å²) in [7, 11) is -3.51. The van der Waals surface area contributed by atoms with Crippen molar-refractivity contribution in [2.45, 2.75) is 17.6 Å². The molecule has 0 aliphatic heterocycles. The number of hydrogen-bond acceptors (Lipinski definition) is 0. The lowest BCUT2D eigenvalue weighted by Gasteiger charge is -2.22. The Balaban J connectivity index is 4.20. The molecule has 0 aliphatic carbocycles. The summed E-state index contributed by atoms with van der Waals surface area (Å²) in [5, 5.41) is 0. The summed E-state index contributed by atoms with van der Waals surface area (Å²) in [6.45, 7) is 0. The molecule has 80 valence electrons. The zero-order valence-electron chi connectivity index (χ0n) is 6.29. The van der Waals surface area contributed by atoms with Crippen LogP contribution in [0.2, 0.25) is 17.6 Å². The van der Waals surface area contributed by atoms with Crippen LogP contribution in [0.3, 0.4) is 0 Å².